The molecule has 1 unspecified atom stereocenters. The van der Waals surface area contributed by atoms with Gasteiger partial charge in [0.15, 0.2) is 0 Å². The first-order chi connectivity index (χ1) is 13.3. The van der Waals surface area contributed by atoms with Crippen molar-refractivity contribution in [1.82, 2.24) is 4.90 Å². The highest BCUT2D eigenvalue weighted by atomic mass is 79.9. The van der Waals surface area contributed by atoms with Crippen LogP contribution in [0.15, 0.2) is 58.6 Å². The Bertz CT molecular complexity index is 969. The number of likely N-dealkylation sites (tertiary alicyclic amines) is 1. The molecular formula is C20H15BrClNO5. The van der Waals surface area contributed by atoms with Gasteiger partial charge in [-0.1, -0.05) is 39.7 Å². The number of ketones is 1. The van der Waals surface area contributed by atoms with Gasteiger partial charge in [0.25, 0.3) is 11.7 Å². The Kier molecular flexibility index (Phi) is 5.86. The van der Waals surface area contributed by atoms with Crippen molar-refractivity contribution in [3.05, 3.63) is 74.7 Å². The smallest absolute Gasteiger partial charge is 0.305 e. The second-order valence-corrected chi connectivity index (χ2v) is 7.55. The number of Topliss-reactive ketones (excluding diaryl/α,β-unsaturated/α-hetero) is 1. The molecule has 1 aliphatic rings. The van der Waals surface area contributed by atoms with E-state index in [-0.39, 0.29) is 24.3 Å². The number of aliphatic carboxylic acids is 1. The monoisotopic (exact) mass is 463 g/mol. The van der Waals surface area contributed by atoms with Crippen molar-refractivity contribution in [2.45, 2.75) is 12.5 Å². The maximum atomic E-state index is 12.7. The molecule has 1 fully saturated rings. The van der Waals surface area contributed by atoms with Crippen molar-refractivity contribution >= 4 is 50.9 Å². The molecule has 144 valence electrons. The van der Waals surface area contributed by atoms with Crippen LogP contribution in [0.4, 0.5) is 0 Å². The Hall–Kier alpha value is -2.64. The summed E-state index contributed by atoms with van der Waals surface area (Å²) in [6.07, 6.45) is -0.318. The molecule has 2 aromatic carbocycles. The molecule has 0 aliphatic carbocycles. The minimum Gasteiger partial charge on any atom is -0.507 e. The number of amides is 1. The zero-order valence-electron chi connectivity index (χ0n) is 14.4. The minimum absolute atomic E-state index is 0.0833. The van der Waals surface area contributed by atoms with Crippen LogP contribution in [0.5, 0.6) is 0 Å². The third kappa shape index (κ3) is 3.95. The lowest BCUT2D eigenvalue weighted by atomic mass is 9.95. The molecule has 0 spiro atoms. The van der Waals surface area contributed by atoms with E-state index >= 15 is 0 Å². The lowest BCUT2D eigenvalue weighted by Crippen LogP contribution is -2.31. The highest BCUT2D eigenvalue weighted by Crippen LogP contribution is 2.39. The summed E-state index contributed by atoms with van der Waals surface area (Å²) in [4.78, 5) is 37.5. The third-order valence-electron chi connectivity index (χ3n) is 4.41. The number of hydrogen-bond acceptors (Lipinski definition) is 4. The Morgan fingerprint density at radius 2 is 1.64 bits per heavy atom. The van der Waals surface area contributed by atoms with Gasteiger partial charge in [-0.3, -0.25) is 14.4 Å². The summed E-state index contributed by atoms with van der Waals surface area (Å²) < 4.78 is 0.802. The normalized spacial score (nSPS) is 18.5. The van der Waals surface area contributed by atoms with Gasteiger partial charge in [-0.05, 0) is 42.0 Å². The van der Waals surface area contributed by atoms with Crippen molar-refractivity contribution in [2.24, 2.45) is 0 Å². The van der Waals surface area contributed by atoms with Crippen molar-refractivity contribution < 1.29 is 24.6 Å². The molecule has 3 rings (SSSR count). The summed E-state index contributed by atoms with van der Waals surface area (Å²) in [5.41, 5.74) is 0.839. The van der Waals surface area contributed by atoms with E-state index in [1.807, 2.05) is 0 Å². The molecule has 1 amide bonds. The molecule has 0 radical (unpaired) electrons. The van der Waals surface area contributed by atoms with Gasteiger partial charge in [0.05, 0.1) is 18.0 Å². The van der Waals surface area contributed by atoms with Gasteiger partial charge in [0.1, 0.15) is 5.76 Å². The first-order valence-corrected chi connectivity index (χ1v) is 9.48. The van der Waals surface area contributed by atoms with E-state index < -0.39 is 23.7 Å². The third-order valence-corrected chi connectivity index (χ3v) is 5.19. The Morgan fingerprint density at radius 1 is 1.04 bits per heavy atom. The van der Waals surface area contributed by atoms with E-state index in [1.54, 1.807) is 48.5 Å². The van der Waals surface area contributed by atoms with Gasteiger partial charge in [-0.2, -0.15) is 0 Å². The maximum absolute atomic E-state index is 12.7. The van der Waals surface area contributed by atoms with Gasteiger partial charge < -0.3 is 15.1 Å². The largest absolute Gasteiger partial charge is 0.507 e. The van der Waals surface area contributed by atoms with Crippen LogP contribution in [0, 0.1) is 0 Å². The number of rotatable bonds is 5. The molecule has 2 aromatic rings. The number of aliphatic hydroxyl groups excluding tert-OH is 1. The number of carbonyl (C=O) groups is 3. The molecule has 2 N–H and O–H groups in total. The highest BCUT2D eigenvalue weighted by Gasteiger charge is 2.46. The van der Waals surface area contributed by atoms with Gasteiger partial charge in [0, 0.05) is 21.6 Å². The molecule has 0 aromatic heterocycles. The van der Waals surface area contributed by atoms with Gasteiger partial charge in [0.2, 0.25) is 0 Å². The zero-order chi connectivity index (χ0) is 20.4. The second kappa shape index (κ2) is 8.16. The fourth-order valence-corrected chi connectivity index (χ4v) is 3.47. The molecule has 6 nitrogen and oxygen atoms in total. The highest BCUT2D eigenvalue weighted by molar-refractivity contribution is 9.10. The second-order valence-electron chi connectivity index (χ2n) is 6.19. The fourth-order valence-electron chi connectivity index (χ4n) is 3.08. The number of aliphatic hydroxyl groups is 1. The van der Waals surface area contributed by atoms with Crippen LogP contribution < -0.4 is 0 Å². The van der Waals surface area contributed by atoms with Crippen LogP contribution in [0.2, 0.25) is 5.02 Å². The van der Waals surface area contributed by atoms with Crippen LogP contribution in [-0.2, 0) is 14.4 Å². The molecule has 0 bridgehead atoms. The lowest BCUT2D eigenvalue weighted by Gasteiger charge is -2.24. The molecular weight excluding hydrogens is 450 g/mol. The molecule has 28 heavy (non-hydrogen) atoms. The molecule has 1 heterocycles. The predicted octanol–water partition coefficient (Wildman–Crippen LogP) is 4.00. The van der Waals surface area contributed by atoms with E-state index in [0.29, 0.717) is 16.1 Å². The number of nitrogens with zero attached hydrogens (tertiary/aromatic N) is 1. The topological polar surface area (TPSA) is 94.9 Å². The number of halogens is 2. The predicted molar refractivity (Wildman–Crippen MR) is 107 cm³/mol. The molecule has 8 heteroatoms. The van der Waals surface area contributed by atoms with Crippen molar-refractivity contribution in [1.29, 1.82) is 0 Å². The average molecular weight is 465 g/mol. The van der Waals surface area contributed by atoms with Crippen molar-refractivity contribution in [3.63, 3.8) is 0 Å². The molecule has 1 atom stereocenters. The SMILES string of the molecule is O=C(O)CCN1C(=O)C(=O)/C(=C(/O)c2ccc(Cl)cc2)C1c1ccc(Br)cc1. The Morgan fingerprint density at radius 3 is 2.21 bits per heavy atom. The summed E-state index contributed by atoms with van der Waals surface area (Å²) in [5, 5.41) is 20.2. The molecule has 1 aliphatic heterocycles. The standard InChI is InChI=1S/C20H15BrClNO5/c21-13-5-1-11(2-6-13)17-16(18(26)12-3-7-14(22)8-4-12)19(27)20(28)23(17)10-9-15(24)25/h1-8,17,26H,9-10H2,(H,24,25)/b18-16+. The van der Waals surface area contributed by atoms with Gasteiger partial charge >= 0.3 is 5.97 Å². The first-order valence-electron chi connectivity index (χ1n) is 8.31. The van der Waals surface area contributed by atoms with Crippen LogP contribution in [-0.4, -0.2) is 39.3 Å². The van der Waals surface area contributed by atoms with Crippen molar-refractivity contribution in [2.75, 3.05) is 6.54 Å². The van der Waals surface area contributed by atoms with Crippen LogP contribution >= 0.6 is 27.5 Å². The number of hydrogen-bond donors (Lipinski definition) is 2. The molecule has 0 saturated carbocycles. The van der Waals surface area contributed by atoms with Gasteiger partial charge in [-0.15, -0.1) is 0 Å². The maximum Gasteiger partial charge on any atom is 0.305 e. The summed E-state index contributed by atoms with van der Waals surface area (Å²) >= 11 is 9.21. The van der Waals surface area contributed by atoms with Gasteiger partial charge in [-0.25, -0.2) is 0 Å². The Balaban J connectivity index is 2.14. The van der Waals surface area contributed by atoms with E-state index in [4.69, 9.17) is 16.7 Å². The lowest BCUT2D eigenvalue weighted by molar-refractivity contribution is -0.142. The van der Waals surface area contributed by atoms with E-state index in [1.165, 1.54) is 4.90 Å². The van der Waals surface area contributed by atoms with E-state index in [0.717, 1.165) is 4.47 Å². The number of carbonyl (C=O) groups excluding carboxylic acids is 2. The Labute approximate surface area is 174 Å². The average Bonchev–Trinajstić information content (AvgIpc) is 2.91. The summed E-state index contributed by atoms with van der Waals surface area (Å²) in [6, 6.07) is 12.2. The van der Waals surface area contributed by atoms with E-state index in [9.17, 15) is 19.5 Å². The van der Waals surface area contributed by atoms with Crippen LogP contribution in [0.1, 0.15) is 23.6 Å². The number of benzene rings is 2. The van der Waals surface area contributed by atoms with Crippen LogP contribution in [0.25, 0.3) is 5.76 Å². The first kappa shape index (κ1) is 20.1. The number of carboxylic acid groups (broad SMARTS) is 1. The fraction of sp³-hybridized carbons (Fsp3) is 0.150. The summed E-state index contributed by atoms with van der Waals surface area (Å²) in [6.45, 7) is -0.155. The summed E-state index contributed by atoms with van der Waals surface area (Å²) in [5.74, 6) is -3.12. The van der Waals surface area contributed by atoms with Crippen LogP contribution in [0.3, 0.4) is 0 Å². The van der Waals surface area contributed by atoms with E-state index in [2.05, 4.69) is 15.9 Å². The quantitative estimate of drug-likeness (QED) is 0.396. The molecule has 1 saturated heterocycles. The van der Waals surface area contributed by atoms with Crippen molar-refractivity contribution in [3.8, 4) is 0 Å². The zero-order valence-corrected chi connectivity index (χ0v) is 16.8. The number of carboxylic acids is 1. The minimum atomic E-state index is -1.09. The summed E-state index contributed by atoms with van der Waals surface area (Å²) in [7, 11) is 0.